The SMILES string of the molecule is CCN(CC)C(=O)c1ccc(OC)cc1O[Si](C)(C)C(C)(C)C. The van der Waals surface area contributed by atoms with Gasteiger partial charge in [-0.2, -0.15) is 0 Å². The van der Waals surface area contributed by atoms with Gasteiger partial charge < -0.3 is 14.1 Å². The first kappa shape index (κ1) is 19.6. The van der Waals surface area contributed by atoms with Crippen molar-refractivity contribution in [3.8, 4) is 11.5 Å². The number of hydrogen-bond donors (Lipinski definition) is 0. The molecule has 1 aromatic carbocycles. The largest absolute Gasteiger partial charge is 0.543 e. The van der Waals surface area contributed by atoms with Gasteiger partial charge in [-0.15, -0.1) is 0 Å². The van der Waals surface area contributed by atoms with Crippen LogP contribution in [0.2, 0.25) is 18.1 Å². The molecule has 0 radical (unpaired) electrons. The molecule has 0 aromatic heterocycles. The van der Waals surface area contributed by atoms with Crippen LogP contribution in [0, 0.1) is 0 Å². The molecule has 0 N–H and O–H groups in total. The highest BCUT2D eigenvalue weighted by atomic mass is 28.4. The Labute approximate surface area is 141 Å². The molecule has 1 aromatic rings. The fraction of sp³-hybridized carbons (Fsp3) is 0.611. The average Bonchev–Trinajstić information content (AvgIpc) is 2.46. The molecular formula is C18H31NO3Si. The van der Waals surface area contributed by atoms with Gasteiger partial charge in [0.05, 0.1) is 12.7 Å². The van der Waals surface area contributed by atoms with Gasteiger partial charge in [0, 0.05) is 19.2 Å². The lowest BCUT2D eigenvalue weighted by molar-refractivity contribution is 0.0771. The zero-order valence-corrected chi connectivity index (χ0v) is 16.8. The molecular weight excluding hydrogens is 306 g/mol. The van der Waals surface area contributed by atoms with Gasteiger partial charge in [-0.3, -0.25) is 4.79 Å². The van der Waals surface area contributed by atoms with Gasteiger partial charge in [0.25, 0.3) is 14.2 Å². The summed E-state index contributed by atoms with van der Waals surface area (Å²) in [7, 11) is -0.418. The van der Waals surface area contributed by atoms with Crippen LogP contribution < -0.4 is 9.16 Å². The van der Waals surface area contributed by atoms with Crippen LogP contribution in [0.4, 0.5) is 0 Å². The number of carbonyl (C=O) groups is 1. The Morgan fingerprint density at radius 2 is 1.74 bits per heavy atom. The van der Waals surface area contributed by atoms with Gasteiger partial charge in [0.2, 0.25) is 0 Å². The summed E-state index contributed by atoms with van der Waals surface area (Å²) in [6.07, 6.45) is 0. The molecule has 23 heavy (non-hydrogen) atoms. The molecule has 0 atom stereocenters. The van der Waals surface area contributed by atoms with Crippen LogP contribution in [0.3, 0.4) is 0 Å². The van der Waals surface area contributed by atoms with Gasteiger partial charge in [-0.25, -0.2) is 0 Å². The number of rotatable bonds is 6. The smallest absolute Gasteiger partial charge is 0.257 e. The monoisotopic (exact) mass is 337 g/mol. The van der Waals surface area contributed by atoms with Crippen LogP contribution in [-0.2, 0) is 0 Å². The van der Waals surface area contributed by atoms with E-state index in [1.807, 2.05) is 32.0 Å². The minimum absolute atomic E-state index is 0.00589. The Morgan fingerprint density at radius 3 is 2.17 bits per heavy atom. The van der Waals surface area contributed by atoms with Gasteiger partial charge in [-0.05, 0) is 44.1 Å². The van der Waals surface area contributed by atoms with E-state index in [0.29, 0.717) is 30.2 Å². The highest BCUT2D eigenvalue weighted by molar-refractivity contribution is 6.74. The zero-order chi connectivity index (χ0) is 17.8. The molecule has 0 fully saturated rings. The predicted octanol–water partition coefficient (Wildman–Crippen LogP) is 4.56. The quantitative estimate of drug-likeness (QED) is 0.714. The van der Waals surface area contributed by atoms with Crippen molar-refractivity contribution in [3.05, 3.63) is 23.8 Å². The van der Waals surface area contributed by atoms with E-state index in [9.17, 15) is 4.79 Å². The van der Waals surface area contributed by atoms with Crippen molar-refractivity contribution in [2.45, 2.75) is 52.8 Å². The highest BCUT2D eigenvalue weighted by Crippen LogP contribution is 2.39. The van der Waals surface area contributed by atoms with Crippen LogP contribution in [0.25, 0.3) is 0 Å². The standard InChI is InChI=1S/C18H31NO3Si/c1-9-19(10-2)17(20)15-12-11-14(21-6)13-16(15)22-23(7,8)18(3,4)5/h11-13H,9-10H2,1-8H3. The van der Waals surface area contributed by atoms with Gasteiger partial charge in [-0.1, -0.05) is 20.8 Å². The number of ether oxygens (including phenoxy) is 1. The normalized spacial score (nSPS) is 12.0. The molecule has 1 amide bonds. The molecule has 5 heteroatoms. The van der Waals surface area contributed by atoms with E-state index in [4.69, 9.17) is 9.16 Å². The maximum absolute atomic E-state index is 12.8. The summed E-state index contributed by atoms with van der Waals surface area (Å²) < 4.78 is 11.7. The van der Waals surface area contributed by atoms with Crippen LogP contribution in [-0.4, -0.2) is 39.3 Å². The van der Waals surface area contributed by atoms with E-state index < -0.39 is 8.32 Å². The Balaban J connectivity index is 3.30. The molecule has 0 aliphatic rings. The lowest BCUT2D eigenvalue weighted by Crippen LogP contribution is -2.44. The number of nitrogens with zero attached hydrogens (tertiary/aromatic N) is 1. The summed E-state index contributed by atoms with van der Waals surface area (Å²) in [5.41, 5.74) is 0.610. The highest BCUT2D eigenvalue weighted by Gasteiger charge is 2.39. The third kappa shape index (κ3) is 4.50. The third-order valence-corrected chi connectivity index (χ3v) is 8.98. The predicted molar refractivity (Wildman–Crippen MR) is 98.1 cm³/mol. The molecule has 4 nitrogen and oxygen atoms in total. The molecule has 0 saturated carbocycles. The second-order valence-corrected chi connectivity index (χ2v) is 11.9. The van der Waals surface area contributed by atoms with Crippen LogP contribution in [0.5, 0.6) is 11.5 Å². The van der Waals surface area contributed by atoms with Crippen LogP contribution in [0.1, 0.15) is 45.0 Å². The van der Waals surface area contributed by atoms with Crippen molar-refractivity contribution >= 4 is 14.2 Å². The first-order valence-corrected chi connectivity index (χ1v) is 11.1. The van der Waals surface area contributed by atoms with Crippen molar-refractivity contribution in [1.29, 1.82) is 0 Å². The van der Waals surface area contributed by atoms with E-state index in [-0.39, 0.29) is 10.9 Å². The average molecular weight is 338 g/mol. The summed E-state index contributed by atoms with van der Waals surface area (Å²) in [5.74, 6) is 1.34. The zero-order valence-electron chi connectivity index (χ0n) is 15.8. The molecule has 0 saturated heterocycles. The summed E-state index contributed by atoms with van der Waals surface area (Å²) in [6.45, 7) is 16.2. The minimum Gasteiger partial charge on any atom is -0.543 e. The summed E-state index contributed by atoms with van der Waals surface area (Å²) in [6, 6.07) is 5.45. The number of carbonyl (C=O) groups excluding carboxylic acids is 1. The maximum atomic E-state index is 12.8. The molecule has 130 valence electrons. The first-order chi connectivity index (χ1) is 10.6. The van der Waals surface area contributed by atoms with Crippen molar-refractivity contribution in [2.75, 3.05) is 20.2 Å². The molecule has 1 rings (SSSR count). The van der Waals surface area contributed by atoms with Crippen molar-refractivity contribution in [3.63, 3.8) is 0 Å². The summed E-state index contributed by atoms with van der Waals surface area (Å²) in [4.78, 5) is 14.6. The lowest BCUT2D eigenvalue weighted by Gasteiger charge is -2.37. The van der Waals surface area contributed by atoms with E-state index >= 15 is 0 Å². The number of hydrogen-bond acceptors (Lipinski definition) is 3. The molecule has 0 aliphatic heterocycles. The lowest BCUT2D eigenvalue weighted by atomic mass is 10.1. The van der Waals surface area contributed by atoms with E-state index in [1.54, 1.807) is 12.0 Å². The number of amides is 1. The second kappa shape index (κ2) is 7.38. The van der Waals surface area contributed by atoms with E-state index in [2.05, 4.69) is 33.9 Å². The van der Waals surface area contributed by atoms with Crippen LogP contribution >= 0.6 is 0 Å². The summed E-state index contributed by atoms with van der Waals surface area (Å²) >= 11 is 0. The fourth-order valence-corrected chi connectivity index (χ4v) is 3.02. The Kier molecular flexibility index (Phi) is 6.28. The van der Waals surface area contributed by atoms with Gasteiger partial charge >= 0.3 is 0 Å². The number of methoxy groups -OCH3 is 1. The Morgan fingerprint density at radius 1 is 1.17 bits per heavy atom. The van der Waals surface area contributed by atoms with Gasteiger partial charge in [0.15, 0.2) is 0 Å². The Bertz CT molecular complexity index is 546. The van der Waals surface area contributed by atoms with Crippen molar-refractivity contribution < 1.29 is 14.0 Å². The minimum atomic E-state index is -2.04. The van der Waals surface area contributed by atoms with Gasteiger partial charge in [0.1, 0.15) is 11.5 Å². The van der Waals surface area contributed by atoms with Crippen molar-refractivity contribution in [1.82, 2.24) is 4.90 Å². The first-order valence-electron chi connectivity index (χ1n) is 8.23. The van der Waals surface area contributed by atoms with E-state index in [1.165, 1.54) is 0 Å². The van der Waals surface area contributed by atoms with Crippen LogP contribution in [0.15, 0.2) is 18.2 Å². The number of benzene rings is 1. The molecule has 0 unspecified atom stereocenters. The van der Waals surface area contributed by atoms with E-state index in [0.717, 1.165) is 0 Å². The fourth-order valence-electron chi connectivity index (χ4n) is 2.00. The molecule has 0 bridgehead atoms. The molecule has 0 aliphatic carbocycles. The summed E-state index contributed by atoms with van der Waals surface area (Å²) in [5, 5.41) is 0.0611. The topological polar surface area (TPSA) is 38.8 Å². The molecule has 0 heterocycles. The van der Waals surface area contributed by atoms with Crippen molar-refractivity contribution in [2.24, 2.45) is 0 Å². The molecule has 0 spiro atoms. The third-order valence-electron chi connectivity index (χ3n) is 4.64. The second-order valence-electron chi connectivity index (χ2n) is 7.20. The maximum Gasteiger partial charge on any atom is 0.257 e. The Hall–Kier alpha value is -1.49.